The third-order valence-corrected chi connectivity index (χ3v) is 6.19. The van der Waals surface area contributed by atoms with Crippen LogP contribution in [0.2, 0.25) is 0 Å². The number of allylic oxidation sites excluding steroid dienone is 2. The van der Waals surface area contributed by atoms with Crippen molar-refractivity contribution in [3.8, 4) is 0 Å². The molecule has 1 aliphatic carbocycles. The number of carbonyl (C=O) groups is 1. The van der Waals surface area contributed by atoms with E-state index in [9.17, 15) is 9.90 Å². The monoisotopic (exact) mass is 367 g/mol. The van der Waals surface area contributed by atoms with Gasteiger partial charge in [-0.15, -0.1) is 0 Å². The number of piperidine rings is 1. The van der Waals surface area contributed by atoms with Gasteiger partial charge in [0.2, 0.25) is 0 Å². The van der Waals surface area contributed by atoms with Crippen molar-refractivity contribution >= 4 is 23.6 Å². The van der Waals surface area contributed by atoms with Crippen molar-refractivity contribution < 1.29 is 9.90 Å². The fraction of sp³-hybridized carbons (Fsp3) is 0.545. The van der Waals surface area contributed by atoms with Gasteiger partial charge in [-0.05, 0) is 55.2 Å². The van der Waals surface area contributed by atoms with Crippen molar-refractivity contribution in [3.05, 3.63) is 35.4 Å². The molecule has 0 spiro atoms. The molecule has 0 radical (unpaired) electrons. The van der Waals surface area contributed by atoms with Crippen molar-refractivity contribution in [1.82, 2.24) is 9.80 Å². The molecule has 1 N–H and O–H groups in total. The molecule has 0 bridgehead atoms. The predicted molar refractivity (Wildman–Crippen MR) is 108 cm³/mol. The molecule has 5 nitrogen and oxygen atoms in total. The van der Waals surface area contributed by atoms with Gasteiger partial charge >= 0.3 is 5.97 Å². The number of likely N-dealkylation sites (tertiary alicyclic amines) is 1. The van der Waals surface area contributed by atoms with Crippen LogP contribution in [0.1, 0.15) is 56.3 Å². The predicted octanol–water partition coefficient (Wildman–Crippen LogP) is 4.29. The molecular formula is C22H29N3O2. The number of benzene rings is 1. The van der Waals surface area contributed by atoms with E-state index in [1.807, 2.05) is 6.34 Å². The summed E-state index contributed by atoms with van der Waals surface area (Å²) in [6, 6.07) is 6.41. The lowest BCUT2D eigenvalue weighted by Crippen LogP contribution is -2.47. The number of aliphatic carboxylic acids is 1. The summed E-state index contributed by atoms with van der Waals surface area (Å²) < 4.78 is 0. The minimum absolute atomic E-state index is 0.0500. The number of fused-ring (bicyclic) bond motifs is 1. The maximum absolute atomic E-state index is 11.6. The highest BCUT2D eigenvalue weighted by atomic mass is 16.4. The number of carboxylic acid groups (broad SMARTS) is 1. The molecule has 144 valence electrons. The van der Waals surface area contributed by atoms with Gasteiger partial charge < -0.3 is 10.0 Å². The summed E-state index contributed by atoms with van der Waals surface area (Å²) in [5.41, 5.74) is 4.99. The molecule has 3 aliphatic rings. The quantitative estimate of drug-likeness (QED) is 0.866. The molecular weight excluding hydrogens is 338 g/mol. The van der Waals surface area contributed by atoms with Gasteiger partial charge in [-0.2, -0.15) is 0 Å². The van der Waals surface area contributed by atoms with Crippen LogP contribution in [0, 0.1) is 11.8 Å². The van der Waals surface area contributed by atoms with Crippen molar-refractivity contribution in [2.75, 3.05) is 20.1 Å². The lowest BCUT2D eigenvalue weighted by Gasteiger charge is -2.43. The molecule has 1 aromatic rings. The van der Waals surface area contributed by atoms with E-state index in [1.165, 1.54) is 29.5 Å². The van der Waals surface area contributed by atoms with Crippen LogP contribution >= 0.6 is 0 Å². The minimum atomic E-state index is -0.677. The Balaban J connectivity index is 1.75. The van der Waals surface area contributed by atoms with Crippen LogP contribution in [0.5, 0.6) is 0 Å². The number of aliphatic imine (C=N–C) groups is 1. The number of carboxylic acids is 1. The second-order valence-electron chi connectivity index (χ2n) is 8.26. The van der Waals surface area contributed by atoms with Crippen molar-refractivity contribution in [3.63, 3.8) is 0 Å². The van der Waals surface area contributed by atoms with Crippen LogP contribution in [-0.4, -0.2) is 47.4 Å². The van der Waals surface area contributed by atoms with Gasteiger partial charge in [0.05, 0.1) is 17.9 Å². The molecule has 4 rings (SSSR count). The largest absolute Gasteiger partial charge is 0.481 e. The zero-order valence-electron chi connectivity index (χ0n) is 16.3. The van der Waals surface area contributed by atoms with E-state index in [4.69, 9.17) is 0 Å². The Hall–Kier alpha value is -2.14. The maximum atomic E-state index is 11.6. The summed E-state index contributed by atoms with van der Waals surface area (Å²) in [5.74, 6) is -0.348. The fourth-order valence-corrected chi connectivity index (χ4v) is 4.86. The van der Waals surface area contributed by atoms with E-state index in [2.05, 4.69) is 53.0 Å². The molecule has 3 atom stereocenters. The van der Waals surface area contributed by atoms with E-state index < -0.39 is 5.97 Å². The van der Waals surface area contributed by atoms with E-state index in [0.29, 0.717) is 12.5 Å². The molecule has 1 saturated heterocycles. The topological polar surface area (TPSA) is 56.1 Å². The molecule has 0 aromatic heterocycles. The number of hydrogen-bond donors (Lipinski definition) is 1. The van der Waals surface area contributed by atoms with Crippen LogP contribution in [-0.2, 0) is 4.79 Å². The second-order valence-corrected chi connectivity index (χ2v) is 8.26. The molecule has 0 saturated carbocycles. The molecule has 2 aliphatic heterocycles. The standard InChI is InChI=1S/C22H29N3O2/c1-15-6-3-7-16(12-15)18-9-4-10-19-20(18)21(24(2)14-23-19)25-11-5-8-17(13-25)22(26)27/h4,9-10,12,14-15,17,21H,3,5-8,11,13H2,1-2H3,(H,26,27)/t15-,17?,21?/m1/s1. The van der Waals surface area contributed by atoms with Crippen LogP contribution in [0.25, 0.3) is 5.57 Å². The van der Waals surface area contributed by atoms with Gasteiger partial charge in [-0.3, -0.25) is 9.69 Å². The van der Waals surface area contributed by atoms with Gasteiger partial charge in [-0.1, -0.05) is 25.1 Å². The first-order chi connectivity index (χ1) is 13.0. The van der Waals surface area contributed by atoms with Gasteiger partial charge in [0.15, 0.2) is 0 Å². The molecule has 2 unspecified atom stereocenters. The summed E-state index contributed by atoms with van der Waals surface area (Å²) in [6.45, 7) is 3.82. The van der Waals surface area contributed by atoms with Gasteiger partial charge in [0.1, 0.15) is 6.17 Å². The molecule has 1 fully saturated rings. The van der Waals surface area contributed by atoms with E-state index in [-0.39, 0.29) is 12.1 Å². The first-order valence-corrected chi connectivity index (χ1v) is 10.1. The lowest BCUT2D eigenvalue weighted by atomic mass is 9.84. The van der Waals surface area contributed by atoms with Crippen LogP contribution in [0.15, 0.2) is 29.3 Å². The van der Waals surface area contributed by atoms with E-state index >= 15 is 0 Å². The highest BCUT2D eigenvalue weighted by Gasteiger charge is 2.36. The summed E-state index contributed by atoms with van der Waals surface area (Å²) in [7, 11) is 2.05. The molecule has 0 amide bonds. The number of nitrogens with zero attached hydrogens (tertiary/aromatic N) is 3. The first kappa shape index (κ1) is 18.2. The SMILES string of the molecule is C[C@H]1C=C(c2cccc3c2C(N2CCCC(C(=O)O)C2)N(C)C=N3)CCC1. The van der Waals surface area contributed by atoms with Crippen LogP contribution < -0.4 is 0 Å². The highest BCUT2D eigenvalue weighted by molar-refractivity contribution is 5.78. The summed E-state index contributed by atoms with van der Waals surface area (Å²) >= 11 is 0. The Morgan fingerprint density at radius 3 is 2.89 bits per heavy atom. The van der Waals surface area contributed by atoms with Crippen molar-refractivity contribution in [1.29, 1.82) is 0 Å². The molecule has 27 heavy (non-hydrogen) atoms. The molecule has 2 heterocycles. The van der Waals surface area contributed by atoms with E-state index in [0.717, 1.165) is 31.5 Å². The Labute approximate surface area is 161 Å². The Morgan fingerprint density at radius 2 is 2.11 bits per heavy atom. The Kier molecular flexibility index (Phi) is 5.04. The fourth-order valence-electron chi connectivity index (χ4n) is 4.86. The van der Waals surface area contributed by atoms with Gasteiger partial charge in [0, 0.05) is 25.7 Å². The second kappa shape index (κ2) is 7.47. The summed E-state index contributed by atoms with van der Waals surface area (Å²) in [4.78, 5) is 20.7. The third kappa shape index (κ3) is 3.53. The Bertz CT molecular complexity index is 786. The summed E-state index contributed by atoms with van der Waals surface area (Å²) in [6.07, 6.45) is 9.65. The van der Waals surface area contributed by atoms with Crippen LogP contribution in [0.4, 0.5) is 5.69 Å². The zero-order chi connectivity index (χ0) is 19.0. The average molecular weight is 367 g/mol. The zero-order valence-corrected chi connectivity index (χ0v) is 16.3. The number of rotatable bonds is 3. The number of hydrogen-bond acceptors (Lipinski definition) is 4. The summed E-state index contributed by atoms with van der Waals surface area (Å²) in [5, 5.41) is 9.53. The lowest BCUT2D eigenvalue weighted by molar-refractivity contribution is -0.144. The minimum Gasteiger partial charge on any atom is -0.481 e. The maximum Gasteiger partial charge on any atom is 0.307 e. The first-order valence-electron chi connectivity index (χ1n) is 10.1. The molecule has 5 heteroatoms. The normalized spacial score (nSPS) is 28.6. The Morgan fingerprint density at radius 1 is 1.26 bits per heavy atom. The third-order valence-electron chi connectivity index (χ3n) is 6.19. The van der Waals surface area contributed by atoms with Gasteiger partial charge in [0.25, 0.3) is 0 Å². The van der Waals surface area contributed by atoms with Gasteiger partial charge in [-0.25, -0.2) is 4.99 Å². The highest BCUT2D eigenvalue weighted by Crippen LogP contribution is 2.43. The van der Waals surface area contributed by atoms with E-state index in [1.54, 1.807) is 0 Å². The van der Waals surface area contributed by atoms with Crippen LogP contribution in [0.3, 0.4) is 0 Å². The smallest absolute Gasteiger partial charge is 0.307 e. The average Bonchev–Trinajstić information content (AvgIpc) is 2.67. The van der Waals surface area contributed by atoms with Crippen molar-refractivity contribution in [2.24, 2.45) is 16.8 Å². The molecule has 1 aromatic carbocycles. The van der Waals surface area contributed by atoms with Crippen molar-refractivity contribution in [2.45, 2.75) is 45.2 Å².